The Morgan fingerprint density at radius 1 is 0.957 bits per heavy atom. The molecule has 1 aromatic carbocycles. The van der Waals surface area contributed by atoms with Crippen molar-refractivity contribution in [2.24, 2.45) is 0 Å². The van der Waals surface area contributed by atoms with Gasteiger partial charge in [0.25, 0.3) is 0 Å². The van der Waals surface area contributed by atoms with Crippen molar-refractivity contribution >= 4 is 17.5 Å². The molecule has 3 heterocycles. The largest absolute Gasteiger partial charge is 0.338 e. The van der Waals surface area contributed by atoms with Crippen molar-refractivity contribution in [1.82, 2.24) is 14.9 Å². The summed E-state index contributed by atoms with van der Waals surface area (Å²) in [5, 5.41) is 0. The van der Waals surface area contributed by atoms with Crippen molar-refractivity contribution in [2.75, 3.05) is 49.6 Å². The van der Waals surface area contributed by atoms with Crippen LogP contribution in [0, 0.1) is 0 Å². The Morgan fingerprint density at radius 3 is 2.65 bits per heavy atom. The molecule has 1 saturated heterocycles. The van der Waals surface area contributed by atoms with Crippen LogP contribution < -0.4 is 9.80 Å². The molecule has 5 heteroatoms. The SMILES string of the molecule is CN1CCN(c2nccc(N3CCCc4ccccc43)n2)CC1. The van der Waals surface area contributed by atoms with E-state index in [2.05, 4.69) is 51.0 Å². The number of hydrogen-bond acceptors (Lipinski definition) is 5. The summed E-state index contributed by atoms with van der Waals surface area (Å²) in [6.07, 6.45) is 4.22. The maximum absolute atomic E-state index is 4.87. The van der Waals surface area contributed by atoms with Crippen LogP contribution in [-0.4, -0.2) is 54.6 Å². The van der Waals surface area contributed by atoms with Crippen molar-refractivity contribution in [1.29, 1.82) is 0 Å². The molecule has 0 unspecified atom stereocenters. The fourth-order valence-corrected chi connectivity index (χ4v) is 3.42. The molecule has 0 atom stereocenters. The first-order valence-electron chi connectivity index (χ1n) is 8.43. The molecule has 1 fully saturated rings. The molecule has 0 aliphatic carbocycles. The molecule has 4 rings (SSSR count). The lowest BCUT2D eigenvalue weighted by atomic mass is 10.0. The first-order chi connectivity index (χ1) is 11.3. The van der Waals surface area contributed by atoms with Crippen molar-refractivity contribution in [3.05, 3.63) is 42.1 Å². The molecule has 23 heavy (non-hydrogen) atoms. The summed E-state index contributed by atoms with van der Waals surface area (Å²) in [5.41, 5.74) is 2.71. The fraction of sp³-hybridized carbons (Fsp3) is 0.444. The van der Waals surface area contributed by atoms with Gasteiger partial charge in [0, 0.05) is 44.6 Å². The third-order valence-corrected chi connectivity index (χ3v) is 4.80. The predicted octanol–water partition coefficient (Wildman–Crippen LogP) is 2.31. The van der Waals surface area contributed by atoms with Gasteiger partial charge in [0.15, 0.2) is 0 Å². The Balaban J connectivity index is 1.62. The van der Waals surface area contributed by atoms with Crippen LogP contribution in [0.5, 0.6) is 0 Å². The van der Waals surface area contributed by atoms with Crippen LogP contribution in [0.25, 0.3) is 0 Å². The van der Waals surface area contributed by atoms with Crippen molar-refractivity contribution in [3.8, 4) is 0 Å². The zero-order valence-corrected chi connectivity index (χ0v) is 13.6. The van der Waals surface area contributed by atoms with E-state index < -0.39 is 0 Å². The van der Waals surface area contributed by atoms with Gasteiger partial charge in [0.2, 0.25) is 5.95 Å². The topological polar surface area (TPSA) is 35.5 Å². The van der Waals surface area contributed by atoms with Gasteiger partial charge in [-0.1, -0.05) is 18.2 Å². The third-order valence-electron chi connectivity index (χ3n) is 4.80. The average molecular weight is 309 g/mol. The number of rotatable bonds is 2. The minimum absolute atomic E-state index is 0.860. The Labute approximate surface area is 137 Å². The highest BCUT2D eigenvalue weighted by atomic mass is 15.3. The Morgan fingerprint density at radius 2 is 1.78 bits per heavy atom. The lowest BCUT2D eigenvalue weighted by molar-refractivity contribution is 0.311. The van der Waals surface area contributed by atoms with Crippen LogP contribution in [0.4, 0.5) is 17.5 Å². The number of hydrogen-bond donors (Lipinski definition) is 0. The molecule has 1 aromatic heterocycles. The molecular formula is C18H23N5. The summed E-state index contributed by atoms with van der Waals surface area (Å²) in [6, 6.07) is 10.7. The molecule has 0 N–H and O–H groups in total. The van der Waals surface area contributed by atoms with Gasteiger partial charge in [-0.15, -0.1) is 0 Å². The lowest BCUT2D eigenvalue weighted by Crippen LogP contribution is -2.45. The van der Waals surface area contributed by atoms with Gasteiger partial charge in [0.05, 0.1) is 0 Å². The fourth-order valence-electron chi connectivity index (χ4n) is 3.42. The smallest absolute Gasteiger partial charge is 0.227 e. The van der Waals surface area contributed by atoms with E-state index >= 15 is 0 Å². The molecular weight excluding hydrogens is 286 g/mol. The average Bonchev–Trinajstić information content (AvgIpc) is 2.62. The Bertz CT molecular complexity index is 679. The number of aromatic nitrogens is 2. The van der Waals surface area contributed by atoms with E-state index in [-0.39, 0.29) is 0 Å². The molecule has 0 saturated carbocycles. The molecule has 2 aliphatic rings. The second-order valence-corrected chi connectivity index (χ2v) is 6.39. The number of nitrogens with zero attached hydrogens (tertiary/aromatic N) is 5. The number of benzene rings is 1. The van der Waals surface area contributed by atoms with Gasteiger partial charge in [0.1, 0.15) is 5.82 Å². The van der Waals surface area contributed by atoms with Crippen LogP contribution in [-0.2, 0) is 6.42 Å². The minimum atomic E-state index is 0.860. The van der Waals surface area contributed by atoms with E-state index in [1.165, 1.54) is 17.7 Å². The third kappa shape index (κ3) is 2.88. The molecule has 0 bridgehead atoms. The van der Waals surface area contributed by atoms with E-state index in [1.807, 2.05) is 12.3 Å². The summed E-state index contributed by atoms with van der Waals surface area (Å²) in [4.78, 5) is 16.3. The normalized spacial score (nSPS) is 18.8. The van der Waals surface area contributed by atoms with Crippen molar-refractivity contribution < 1.29 is 0 Å². The minimum Gasteiger partial charge on any atom is -0.338 e. The monoisotopic (exact) mass is 309 g/mol. The van der Waals surface area contributed by atoms with Crippen LogP contribution in [0.2, 0.25) is 0 Å². The quantitative estimate of drug-likeness (QED) is 0.851. The number of anilines is 3. The van der Waals surface area contributed by atoms with Crippen LogP contribution in [0.15, 0.2) is 36.5 Å². The van der Waals surface area contributed by atoms with Gasteiger partial charge in [-0.2, -0.15) is 4.98 Å². The number of aryl methyl sites for hydroxylation is 1. The number of likely N-dealkylation sites (N-methyl/N-ethyl adjacent to an activating group) is 1. The highest BCUT2D eigenvalue weighted by Gasteiger charge is 2.21. The molecule has 2 aliphatic heterocycles. The number of piperazine rings is 1. The number of fused-ring (bicyclic) bond motifs is 1. The number of para-hydroxylation sites is 1. The summed E-state index contributed by atoms with van der Waals surface area (Å²) < 4.78 is 0. The molecule has 0 radical (unpaired) electrons. The molecule has 120 valence electrons. The Kier molecular flexibility index (Phi) is 3.87. The van der Waals surface area contributed by atoms with Gasteiger partial charge in [-0.3, -0.25) is 0 Å². The summed E-state index contributed by atoms with van der Waals surface area (Å²) in [6.45, 7) is 5.16. The zero-order chi connectivity index (χ0) is 15.6. The summed E-state index contributed by atoms with van der Waals surface area (Å²) in [7, 11) is 2.17. The van der Waals surface area contributed by atoms with Crippen LogP contribution in [0.3, 0.4) is 0 Å². The van der Waals surface area contributed by atoms with Crippen LogP contribution in [0.1, 0.15) is 12.0 Å². The Hall–Kier alpha value is -2.14. The van der Waals surface area contributed by atoms with E-state index in [0.29, 0.717) is 0 Å². The lowest BCUT2D eigenvalue weighted by Gasteiger charge is -2.34. The summed E-state index contributed by atoms with van der Waals surface area (Å²) >= 11 is 0. The molecule has 2 aromatic rings. The molecule has 5 nitrogen and oxygen atoms in total. The van der Waals surface area contributed by atoms with Crippen molar-refractivity contribution in [2.45, 2.75) is 12.8 Å². The summed E-state index contributed by atoms with van der Waals surface area (Å²) in [5.74, 6) is 1.87. The van der Waals surface area contributed by atoms with Gasteiger partial charge in [-0.25, -0.2) is 4.98 Å². The van der Waals surface area contributed by atoms with E-state index in [4.69, 9.17) is 4.98 Å². The standard InChI is InChI=1S/C18H23N5/c1-21-11-13-22(14-12-21)18-19-9-8-17(20-18)23-10-4-6-15-5-2-3-7-16(15)23/h2-3,5,7-9H,4,6,10-14H2,1H3. The van der Waals surface area contributed by atoms with Gasteiger partial charge in [-0.05, 0) is 37.6 Å². The molecule has 0 amide bonds. The van der Waals surface area contributed by atoms with Crippen molar-refractivity contribution in [3.63, 3.8) is 0 Å². The van der Waals surface area contributed by atoms with Gasteiger partial charge >= 0.3 is 0 Å². The maximum Gasteiger partial charge on any atom is 0.227 e. The zero-order valence-electron chi connectivity index (χ0n) is 13.6. The maximum atomic E-state index is 4.87. The van der Waals surface area contributed by atoms with E-state index in [0.717, 1.165) is 50.9 Å². The van der Waals surface area contributed by atoms with E-state index in [1.54, 1.807) is 0 Å². The van der Waals surface area contributed by atoms with Gasteiger partial charge < -0.3 is 14.7 Å². The second kappa shape index (κ2) is 6.16. The second-order valence-electron chi connectivity index (χ2n) is 6.39. The first kappa shape index (κ1) is 14.5. The highest BCUT2D eigenvalue weighted by Crippen LogP contribution is 2.32. The highest BCUT2D eigenvalue weighted by molar-refractivity contribution is 5.65. The first-order valence-corrected chi connectivity index (χ1v) is 8.43. The van der Waals surface area contributed by atoms with E-state index in [9.17, 15) is 0 Å². The predicted molar refractivity (Wildman–Crippen MR) is 93.5 cm³/mol. The molecule has 0 spiro atoms. The van der Waals surface area contributed by atoms with Crippen LogP contribution >= 0.6 is 0 Å².